The van der Waals surface area contributed by atoms with Crippen molar-refractivity contribution in [2.24, 2.45) is 0 Å². The maximum absolute atomic E-state index is 13.9. The average Bonchev–Trinajstić information content (AvgIpc) is 2.92. The number of sulfonamides is 1. The van der Waals surface area contributed by atoms with Gasteiger partial charge in [0.05, 0.1) is 46.7 Å². The second-order valence-electron chi connectivity index (χ2n) is 12.3. The minimum absolute atomic E-state index is 0.0322. The van der Waals surface area contributed by atoms with E-state index in [-0.39, 0.29) is 12.5 Å². The standard InChI is InChI=1S/C31H40F3N3O5S/c1-21(28(38)41-7)35(6)13-14-36-15-16-37(43(39,40)25-10-8-9-24(18-25)31(32,33)34)27-17-22(11-12-26(27)36)23-19-29(2,3)42-30(4,5)20-23/h8-12,17-19,21H,13-16,20H2,1-7H3. The zero-order chi connectivity index (χ0) is 32.0. The molecule has 0 fully saturated rings. The maximum Gasteiger partial charge on any atom is 0.416 e. The summed E-state index contributed by atoms with van der Waals surface area (Å²) in [4.78, 5) is 15.5. The molecule has 236 valence electrons. The van der Waals surface area contributed by atoms with Crippen molar-refractivity contribution in [2.45, 2.75) is 69.4 Å². The lowest BCUT2D eigenvalue weighted by molar-refractivity contribution is -0.145. The molecule has 2 aliphatic rings. The number of hydrogen-bond donors (Lipinski definition) is 0. The summed E-state index contributed by atoms with van der Waals surface area (Å²) in [6, 6.07) is 8.97. The van der Waals surface area contributed by atoms with Crippen LogP contribution in [0.5, 0.6) is 0 Å². The zero-order valence-electron chi connectivity index (χ0n) is 25.7. The first kappa shape index (κ1) is 32.8. The number of alkyl halides is 3. The molecule has 43 heavy (non-hydrogen) atoms. The van der Waals surface area contributed by atoms with Gasteiger partial charge in [-0.2, -0.15) is 13.2 Å². The zero-order valence-corrected chi connectivity index (χ0v) is 26.5. The Morgan fingerprint density at radius 2 is 1.79 bits per heavy atom. The summed E-state index contributed by atoms with van der Waals surface area (Å²) in [5.41, 5.74) is 0.781. The monoisotopic (exact) mass is 623 g/mol. The van der Waals surface area contributed by atoms with Gasteiger partial charge in [-0.1, -0.05) is 12.1 Å². The highest BCUT2D eigenvalue weighted by Gasteiger charge is 2.38. The number of likely N-dealkylation sites (N-methyl/N-ethyl adjacent to an activating group) is 1. The van der Waals surface area contributed by atoms with Gasteiger partial charge in [-0.05, 0) is 89.2 Å². The van der Waals surface area contributed by atoms with Gasteiger partial charge in [0.2, 0.25) is 0 Å². The van der Waals surface area contributed by atoms with E-state index in [1.54, 1.807) is 20.0 Å². The molecule has 0 amide bonds. The summed E-state index contributed by atoms with van der Waals surface area (Å²) >= 11 is 0. The van der Waals surface area contributed by atoms with Crippen LogP contribution in [0.4, 0.5) is 24.5 Å². The highest BCUT2D eigenvalue weighted by atomic mass is 32.2. The summed E-state index contributed by atoms with van der Waals surface area (Å²) in [6.07, 6.45) is -2.07. The van der Waals surface area contributed by atoms with Gasteiger partial charge in [-0.3, -0.25) is 14.0 Å². The third-order valence-electron chi connectivity index (χ3n) is 7.88. The third kappa shape index (κ3) is 7.18. The Morgan fingerprint density at radius 1 is 1.09 bits per heavy atom. The van der Waals surface area contributed by atoms with Gasteiger partial charge in [0.25, 0.3) is 10.0 Å². The number of rotatable bonds is 8. The minimum Gasteiger partial charge on any atom is -0.468 e. The fraction of sp³-hybridized carbons (Fsp3) is 0.516. The Balaban J connectivity index is 1.77. The van der Waals surface area contributed by atoms with Crippen LogP contribution in [0.2, 0.25) is 0 Å². The molecule has 2 heterocycles. The average molecular weight is 624 g/mol. The van der Waals surface area contributed by atoms with Crippen LogP contribution in [0.15, 0.2) is 53.4 Å². The van der Waals surface area contributed by atoms with Gasteiger partial charge >= 0.3 is 12.1 Å². The third-order valence-corrected chi connectivity index (χ3v) is 9.69. The van der Waals surface area contributed by atoms with E-state index in [1.165, 1.54) is 17.5 Å². The van der Waals surface area contributed by atoms with Crippen LogP contribution >= 0.6 is 0 Å². The van der Waals surface area contributed by atoms with Gasteiger partial charge in [0.1, 0.15) is 6.04 Å². The summed E-state index contributed by atoms with van der Waals surface area (Å²) in [7, 11) is -1.20. The van der Waals surface area contributed by atoms with Crippen molar-refractivity contribution in [1.82, 2.24) is 4.90 Å². The second-order valence-corrected chi connectivity index (χ2v) is 14.1. The van der Waals surface area contributed by atoms with Crippen molar-refractivity contribution in [3.05, 3.63) is 59.7 Å². The molecule has 0 aromatic heterocycles. The van der Waals surface area contributed by atoms with Crippen LogP contribution in [0, 0.1) is 0 Å². The van der Waals surface area contributed by atoms with E-state index in [4.69, 9.17) is 9.47 Å². The van der Waals surface area contributed by atoms with Crippen molar-refractivity contribution >= 4 is 32.9 Å². The van der Waals surface area contributed by atoms with E-state index in [2.05, 4.69) is 0 Å². The lowest BCUT2D eigenvalue weighted by Crippen LogP contribution is -2.47. The molecular weight excluding hydrogens is 583 g/mol. The number of carbonyl (C=O) groups excluding carboxylic acids is 1. The van der Waals surface area contributed by atoms with E-state index >= 15 is 0 Å². The molecule has 2 aromatic rings. The number of methoxy groups -OCH3 is 1. The molecule has 0 radical (unpaired) electrons. The molecule has 2 aromatic carbocycles. The fourth-order valence-corrected chi connectivity index (χ4v) is 7.31. The maximum atomic E-state index is 13.9. The summed E-state index contributed by atoms with van der Waals surface area (Å²) in [6.45, 7) is 11.0. The number of esters is 1. The first-order valence-electron chi connectivity index (χ1n) is 14.1. The molecule has 4 rings (SSSR count). The van der Waals surface area contributed by atoms with Crippen molar-refractivity contribution < 1.29 is 35.9 Å². The molecule has 0 saturated carbocycles. The smallest absolute Gasteiger partial charge is 0.416 e. The Hall–Kier alpha value is -3.09. The molecule has 0 spiro atoms. The lowest BCUT2D eigenvalue weighted by atomic mass is 9.85. The van der Waals surface area contributed by atoms with Crippen LogP contribution in [0.3, 0.4) is 0 Å². The highest BCUT2D eigenvalue weighted by molar-refractivity contribution is 7.92. The molecule has 8 nitrogen and oxygen atoms in total. The van der Waals surface area contributed by atoms with E-state index in [0.717, 1.165) is 23.3 Å². The SMILES string of the molecule is COC(=O)C(C)N(C)CCN1CCN(S(=O)(=O)c2cccc(C(F)(F)F)c2)c2cc(C3=CC(C)(C)OC(C)(C)C3)ccc21. The Morgan fingerprint density at radius 3 is 2.42 bits per heavy atom. The number of nitrogens with zero attached hydrogens (tertiary/aromatic N) is 3. The van der Waals surface area contributed by atoms with Crippen LogP contribution < -0.4 is 9.21 Å². The predicted molar refractivity (Wildman–Crippen MR) is 161 cm³/mol. The van der Waals surface area contributed by atoms with Gasteiger partial charge < -0.3 is 14.4 Å². The molecule has 2 aliphatic heterocycles. The topological polar surface area (TPSA) is 79.4 Å². The minimum atomic E-state index is -4.68. The lowest BCUT2D eigenvalue weighted by Gasteiger charge is -2.41. The van der Waals surface area contributed by atoms with Crippen LogP contribution in [-0.4, -0.2) is 76.9 Å². The van der Waals surface area contributed by atoms with Crippen molar-refractivity contribution in [3.63, 3.8) is 0 Å². The second kappa shape index (κ2) is 11.8. The molecule has 0 saturated heterocycles. The first-order valence-corrected chi connectivity index (χ1v) is 15.6. The van der Waals surface area contributed by atoms with Gasteiger partial charge in [0.15, 0.2) is 0 Å². The normalized spacial score (nSPS) is 19.1. The Bertz CT molecular complexity index is 1500. The molecule has 0 aliphatic carbocycles. The highest BCUT2D eigenvalue weighted by Crippen LogP contribution is 2.43. The van der Waals surface area contributed by atoms with Crippen molar-refractivity contribution in [3.8, 4) is 0 Å². The van der Waals surface area contributed by atoms with Crippen LogP contribution in [-0.2, 0) is 30.5 Å². The predicted octanol–water partition coefficient (Wildman–Crippen LogP) is 5.57. The Labute approximate surface area is 252 Å². The summed E-state index contributed by atoms with van der Waals surface area (Å²) < 4.78 is 80.6. The molecule has 1 unspecified atom stereocenters. The van der Waals surface area contributed by atoms with E-state index in [9.17, 15) is 26.4 Å². The van der Waals surface area contributed by atoms with E-state index < -0.39 is 43.9 Å². The number of benzene rings is 2. The first-order chi connectivity index (χ1) is 19.8. The molecule has 0 bridgehead atoms. The molecule has 1 atom stereocenters. The van der Waals surface area contributed by atoms with Gasteiger partial charge in [-0.15, -0.1) is 0 Å². The van der Waals surface area contributed by atoms with E-state index in [1.807, 2.05) is 55.7 Å². The number of fused-ring (bicyclic) bond motifs is 1. The molecule has 12 heteroatoms. The van der Waals surface area contributed by atoms with Crippen LogP contribution in [0.1, 0.15) is 52.2 Å². The van der Waals surface area contributed by atoms with Gasteiger partial charge in [-0.25, -0.2) is 8.42 Å². The summed E-state index contributed by atoms with van der Waals surface area (Å²) in [5, 5.41) is 0. The number of ether oxygens (including phenoxy) is 2. The fourth-order valence-electron chi connectivity index (χ4n) is 5.80. The van der Waals surface area contributed by atoms with Crippen molar-refractivity contribution in [1.29, 1.82) is 0 Å². The van der Waals surface area contributed by atoms with E-state index in [0.29, 0.717) is 43.5 Å². The number of carbonyl (C=O) groups is 1. The molecular formula is C31H40F3N3O5S. The van der Waals surface area contributed by atoms with Gasteiger partial charge in [0, 0.05) is 26.1 Å². The Kier molecular flexibility index (Phi) is 8.99. The largest absolute Gasteiger partial charge is 0.468 e. The number of anilines is 2. The molecule has 0 N–H and O–H groups in total. The summed E-state index contributed by atoms with van der Waals surface area (Å²) in [5.74, 6) is -0.361. The number of halogens is 3. The number of hydrogen-bond acceptors (Lipinski definition) is 7. The van der Waals surface area contributed by atoms with Crippen molar-refractivity contribution in [2.75, 3.05) is 49.5 Å². The quantitative estimate of drug-likeness (QED) is 0.356. The van der Waals surface area contributed by atoms with Crippen LogP contribution in [0.25, 0.3) is 5.57 Å².